The average molecular weight is 1010 g/mol. The number of ether oxygens (including phenoxy) is 2. The van der Waals surface area contributed by atoms with E-state index in [4.69, 9.17) is 14.5 Å². The van der Waals surface area contributed by atoms with Crippen LogP contribution in [-0.2, 0) is 33.4 Å². The quantitative estimate of drug-likeness (QED) is 0.0873. The molecule has 5 N–H and O–H groups in total. The number of carboxylic acids is 2. The number of carbonyl (C=O) groups excluding carboxylic acids is 4. The number of nitrogens with zero attached hydrogens (tertiary/aromatic N) is 1. The number of nitrogens with one attached hydrogen (secondary N) is 3. The molecule has 0 spiro atoms. The van der Waals surface area contributed by atoms with E-state index in [1.54, 1.807) is 40.7 Å². The number of amides is 2. The van der Waals surface area contributed by atoms with E-state index >= 15 is 0 Å². The molecule has 0 aromatic carbocycles. The second-order valence-corrected chi connectivity index (χ2v) is 27.6. The Bertz CT molecular complexity index is 2220. The minimum Gasteiger partial charge on any atom is -0.481 e. The molecule has 71 heavy (non-hydrogen) atoms. The summed E-state index contributed by atoms with van der Waals surface area (Å²) in [6, 6.07) is 0. The van der Waals surface area contributed by atoms with E-state index < -0.39 is 59.1 Å². The van der Waals surface area contributed by atoms with Crippen LogP contribution < -0.4 is 10.6 Å². The zero-order valence-corrected chi connectivity index (χ0v) is 47.3. The van der Waals surface area contributed by atoms with Gasteiger partial charge in [-0.05, 0) is 102 Å². The van der Waals surface area contributed by atoms with Crippen LogP contribution in [0.2, 0.25) is 0 Å². The van der Waals surface area contributed by atoms with Crippen molar-refractivity contribution in [3.05, 3.63) is 33.7 Å². The van der Waals surface area contributed by atoms with Gasteiger partial charge in [-0.2, -0.15) is 0 Å². The van der Waals surface area contributed by atoms with Crippen LogP contribution in [0.5, 0.6) is 0 Å². The van der Waals surface area contributed by atoms with Gasteiger partial charge in [0.1, 0.15) is 40.2 Å². The van der Waals surface area contributed by atoms with Crippen LogP contribution in [0.15, 0.2) is 21.8 Å². The first kappa shape index (κ1) is 59.2. The maximum atomic E-state index is 14.9. The van der Waals surface area contributed by atoms with E-state index in [-0.39, 0.29) is 92.6 Å². The van der Waals surface area contributed by atoms with Gasteiger partial charge in [-0.25, -0.2) is 14.6 Å². The van der Waals surface area contributed by atoms with E-state index in [1.165, 1.54) is 0 Å². The Balaban J connectivity index is 1.85. The molecule has 5 atom stereocenters. The summed E-state index contributed by atoms with van der Waals surface area (Å²) in [5, 5.41) is 23.4. The number of aliphatic carboxylic acids is 2. The van der Waals surface area contributed by atoms with Gasteiger partial charge in [0, 0.05) is 41.2 Å². The molecule has 4 rings (SSSR count). The van der Waals surface area contributed by atoms with Crippen molar-refractivity contribution >= 4 is 65.2 Å². The number of aromatic nitrogens is 1. The predicted molar refractivity (Wildman–Crippen MR) is 283 cm³/mol. The smallest absolute Gasteiger partial charge is 0.342 e. The molecule has 1 aromatic heterocycles. The summed E-state index contributed by atoms with van der Waals surface area (Å²) in [5.74, 6) is -2.98. The molecule has 1 aliphatic heterocycles. The SMILES string of the molecule is CC1=C(C(=O)OC2C(C(C)(C)C)CC(C)CC2C(C)(C)C)C(NC(=O)C(C)(C)C)=NC1=Cc1[nH]c(NC(=O)CCCSC(CC(=O)O)C(=O)O)c(C(=O)OC2C(C(C)(C)C)CC(C)CC2C(C)(C)C)c1C. The fourth-order valence-electron chi connectivity index (χ4n) is 10.7. The molecule has 2 heterocycles. The zero-order chi connectivity index (χ0) is 54.1. The molecule has 2 fully saturated rings. The molecule has 3 aliphatic rings. The Labute approximate surface area is 428 Å². The largest absolute Gasteiger partial charge is 0.481 e. The lowest BCUT2D eigenvalue weighted by molar-refractivity contribution is -0.164. The number of thioether (sulfide) groups is 1. The van der Waals surface area contributed by atoms with E-state index in [0.717, 1.165) is 37.4 Å². The van der Waals surface area contributed by atoms with Crippen molar-refractivity contribution in [2.24, 2.45) is 67.6 Å². The first-order chi connectivity index (χ1) is 32.3. The van der Waals surface area contributed by atoms with Gasteiger partial charge >= 0.3 is 23.9 Å². The van der Waals surface area contributed by atoms with Crippen molar-refractivity contribution in [3.8, 4) is 0 Å². The first-order valence-corrected chi connectivity index (χ1v) is 26.7. The van der Waals surface area contributed by atoms with Crippen molar-refractivity contribution < 1.29 is 48.5 Å². The number of anilines is 1. The third-order valence-corrected chi connectivity index (χ3v) is 16.3. The van der Waals surface area contributed by atoms with Crippen LogP contribution in [0.3, 0.4) is 0 Å². The topological polar surface area (TPSA) is 214 Å². The highest BCUT2D eigenvalue weighted by Crippen LogP contribution is 2.52. The summed E-state index contributed by atoms with van der Waals surface area (Å²) in [5.41, 5.74) is 0.418. The second kappa shape index (κ2) is 22.4. The van der Waals surface area contributed by atoms with Crippen LogP contribution in [-0.4, -0.2) is 79.9 Å². The Hall–Kier alpha value is -4.40. The van der Waals surface area contributed by atoms with Crippen molar-refractivity contribution in [2.45, 2.75) is 194 Å². The van der Waals surface area contributed by atoms with E-state index in [1.807, 2.05) is 0 Å². The molecule has 0 saturated heterocycles. The number of amidine groups is 1. The number of rotatable bonds is 14. The number of hydrogen-bond donors (Lipinski definition) is 5. The molecule has 15 heteroatoms. The van der Waals surface area contributed by atoms with Gasteiger partial charge in [0.05, 0.1) is 12.1 Å². The summed E-state index contributed by atoms with van der Waals surface area (Å²) in [6.45, 7) is 39.5. The fraction of sp³-hybridized carbons (Fsp3) is 0.732. The van der Waals surface area contributed by atoms with Gasteiger partial charge in [0.2, 0.25) is 11.8 Å². The Kier molecular flexibility index (Phi) is 18.6. The fourth-order valence-corrected chi connectivity index (χ4v) is 11.7. The number of H-pyrrole nitrogens is 1. The lowest BCUT2D eigenvalue weighted by atomic mass is 9.59. The van der Waals surface area contributed by atoms with Crippen LogP contribution in [0.4, 0.5) is 5.82 Å². The van der Waals surface area contributed by atoms with Gasteiger partial charge in [0.25, 0.3) is 0 Å². The molecule has 2 aliphatic carbocycles. The minimum atomic E-state index is -1.24. The minimum absolute atomic E-state index is 0.0430. The number of aromatic amines is 1. The maximum Gasteiger partial charge on any atom is 0.342 e. The normalized spacial score (nSPS) is 25.6. The van der Waals surface area contributed by atoms with Crippen LogP contribution in [0.1, 0.15) is 191 Å². The molecule has 14 nitrogen and oxygen atoms in total. The van der Waals surface area contributed by atoms with Gasteiger partial charge in [0.15, 0.2) is 0 Å². The Morgan fingerprint density at radius 2 is 1.17 bits per heavy atom. The van der Waals surface area contributed by atoms with Gasteiger partial charge in [-0.1, -0.05) is 118 Å². The number of carboxylic acid groups (broad SMARTS) is 2. The van der Waals surface area contributed by atoms with Crippen LogP contribution >= 0.6 is 11.8 Å². The van der Waals surface area contributed by atoms with E-state index in [2.05, 4.69) is 113 Å². The number of hydrogen-bond acceptors (Lipinski definition) is 10. The molecule has 2 saturated carbocycles. The zero-order valence-electron chi connectivity index (χ0n) is 46.4. The van der Waals surface area contributed by atoms with Crippen LogP contribution in [0.25, 0.3) is 6.08 Å². The summed E-state index contributed by atoms with van der Waals surface area (Å²) >= 11 is 0.955. The maximum absolute atomic E-state index is 14.9. The highest BCUT2D eigenvalue weighted by atomic mass is 32.2. The molecule has 2 amide bonds. The predicted octanol–water partition coefficient (Wildman–Crippen LogP) is 11.9. The lowest BCUT2D eigenvalue weighted by Gasteiger charge is -2.50. The monoisotopic (exact) mass is 1010 g/mol. The number of carbonyl (C=O) groups is 6. The average Bonchev–Trinajstić information content (AvgIpc) is 3.67. The third kappa shape index (κ3) is 15.1. The van der Waals surface area contributed by atoms with Gasteiger partial charge < -0.3 is 35.3 Å². The molecule has 0 radical (unpaired) electrons. The molecule has 398 valence electrons. The van der Waals surface area contributed by atoms with Crippen molar-refractivity contribution in [1.29, 1.82) is 0 Å². The summed E-state index contributed by atoms with van der Waals surface area (Å²) in [4.78, 5) is 88.2. The van der Waals surface area contributed by atoms with E-state index in [0.29, 0.717) is 34.4 Å². The van der Waals surface area contributed by atoms with Crippen molar-refractivity contribution in [2.75, 3.05) is 11.1 Å². The molecule has 0 bridgehead atoms. The third-order valence-electron chi connectivity index (χ3n) is 15.0. The van der Waals surface area contributed by atoms with Crippen molar-refractivity contribution in [3.63, 3.8) is 0 Å². The van der Waals surface area contributed by atoms with Crippen LogP contribution in [0, 0.1) is 69.5 Å². The second-order valence-electron chi connectivity index (χ2n) is 26.3. The standard InChI is InChI=1S/C56H88N4O10S/c1-29-23-33(52(5,6)7)44(34(24-29)53(8,9)10)69-49(66)42-31(3)37(57-46(42)59-40(61)21-20-22-71-39(48(64)65)28-41(62)63)27-38-32(4)43(47(58-38)60-51(68)56(17,18)19)50(67)70-45-35(54(11,12)13)25-30(2)26-36(45)55(14,15)16/h27,29-30,33-36,39,44-45,57H,20-26,28H2,1-19H3,(H,59,61)(H,62,63)(H,64,65)(H,58,60,68). The number of allylic oxidation sites excluding steroid dienone is 1. The summed E-state index contributed by atoms with van der Waals surface area (Å²) < 4.78 is 13.4. The van der Waals surface area contributed by atoms with Gasteiger partial charge in [-0.15, -0.1) is 11.8 Å². The Morgan fingerprint density at radius 1 is 0.718 bits per heavy atom. The number of esters is 2. The lowest BCUT2D eigenvalue weighted by Crippen LogP contribution is -2.50. The van der Waals surface area contributed by atoms with E-state index in [9.17, 15) is 39.0 Å². The Morgan fingerprint density at radius 3 is 1.58 bits per heavy atom. The van der Waals surface area contributed by atoms with Gasteiger partial charge in [-0.3, -0.25) is 19.2 Å². The first-order valence-electron chi connectivity index (χ1n) is 25.7. The number of aliphatic imine (C=N–C) groups is 1. The highest BCUT2D eigenvalue weighted by Gasteiger charge is 2.50. The molecular formula is C56H88N4O10S. The molecule has 5 unspecified atom stereocenters. The molecular weight excluding hydrogens is 921 g/mol. The summed E-state index contributed by atoms with van der Waals surface area (Å²) in [7, 11) is 0. The highest BCUT2D eigenvalue weighted by molar-refractivity contribution is 8.00. The summed E-state index contributed by atoms with van der Waals surface area (Å²) in [6.07, 6.45) is 4.07. The molecule has 1 aromatic rings. The van der Waals surface area contributed by atoms with Crippen molar-refractivity contribution in [1.82, 2.24) is 10.3 Å².